The highest BCUT2D eigenvalue weighted by molar-refractivity contribution is 6.30. The van der Waals surface area contributed by atoms with Crippen molar-refractivity contribution in [3.05, 3.63) is 82.0 Å². The van der Waals surface area contributed by atoms with Gasteiger partial charge in [-0.25, -0.2) is 14.3 Å². The summed E-state index contributed by atoms with van der Waals surface area (Å²) >= 11 is 6.03. The van der Waals surface area contributed by atoms with E-state index in [-0.39, 0.29) is 17.7 Å². The molecule has 2 aromatic heterocycles. The second kappa shape index (κ2) is 8.38. The minimum absolute atomic E-state index is 0.221. The first-order valence-corrected chi connectivity index (χ1v) is 9.57. The smallest absolute Gasteiger partial charge is 0.283 e. The Kier molecular flexibility index (Phi) is 5.49. The molecule has 0 spiro atoms. The van der Waals surface area contributed by atoms with Crippen LogP contribution >= 0.6 is 11.6 Å². The van der Waals surface area contributed by atoms with E-state index in [1.165, 1.54) is 17.2 Å². The van der Waals surface area contributed by atoms with E-state index >= 15 is 0 Å². The van der Waals surface area contributed by atoms with E-state index < -0.39 is 5.56 Å². The van der Waals surface area contributed by atoms with E-state index in [0.29, 0.717) is 22.8 Å². The van der Waals surface area contributed by atoms with Gasteiger partial charge in [-0.15, -0.1) is 0 Å². The SMILES string of the molecule is COc1ccc(CCC(=O)Nn2cnc3c(cnn3-c3cccc(Cl)c3)c2=O)cc1. The number of ether oxygens (including phenoxy) is 1. The van der Waals surface area contributed by atoms with Gasteiger partial charge < -0.3 is 4.74 Å². The summed E-state index contributed by atoms with van der Waals surface area (Å²) in [5.41, 5.74) is 4.22. The van der Waals surface area contributed by atoms with Gasteiger partial charge in [-0.05, 0) is 42.3 Å². The van der Waals surface area contributed by atoms with Gasteiger partial charge in [0.2, 0.25) is 5.91 Å². The van der Waals surface area contributed by atoms with Crippen LogP contribution in [-0.4, -0.2) is 32.5 Å². The first kappa shape index (κ1) is 19.7. The molecular weight excluding hydrogens is 406 g/mol. The van der Waals surface area contributed by atoms with Crippen molar-refractivity contribution >= 4 is 28.5 Å². The Morgan fingerprint density at radius 1 is 1.20 bits per heavy atom. The molecule has 1 amide bonds. The zero-order chi connectivity index (χ0) is 21.1. The monoisotopic (exact) mass is 423 g/mol. The van der Waals surface area contributed by atoms with Crippen LogP contribution in [0.4, 0.5) is 0 Å². The summed E-state index contributed by atoms with van der Waals surface area (Å²) in [7, 11) is 1.60. The fourth-order valence-corrected chi connectivity index (χ4v) is 3.21. The van der Waals surface area contributed by atoms with Crippen molar-refractivity contribution in [2.45, 2.75) is 12.8 Å². The molecule has 2 aromatic carbocycles. The normalized spacial score (nSPS) is 10.9. The first-order valence-electron chi connectivity index (χ1n) is 9.19. The number of fused-ring (bicyclic) bond motifs is 1. The van der Waals surface area contributed by atoms with Crippen molar-refractivity contribution in [3.63, 3.8) is 0 Å². The summed E-state index contributed by atoms with van der Waals surface area (Å²) in [4.78, 5) is 29.3. The first-order chi connectivity index (χ1) is 14.5. The Bertz CT molecular complexity index is 1260. The third-order valence-corrected chi connectivity index (χ3v) is 4.82. The number of halogens is 1. The number of methoxy groups -OCH3 is 1. The molecule has 0 saturated carbocycles. The highest BCUT2D eigenvalue weighted by Gasteiger charge is 2.13. The standard InChI is InChI=1S/C21H18ClN5O3/c1-30-17-8-5-14(6-9-17)7-10-19(28)25-26-13-23-20-18(21(26)29)12-24-27(20)16-4-2-3-15(22)11-16/h2-6,8-9,11-13H,7,10H2,1H3,(H,25,28). The minimum atomic E-state index is -0.411. The predicted molar refractivity (Wildman–Crippen MR) is 114 cm³/mol. The Morgan fingerprint density at radius 2 is 2.00 bits per heavy atom. The molecule has 0 saturated heterocycles. The van der Waals surface area contributed by atoms with Crippen LogP contribution < -0.4 is 15.7 Å². The molecule has 0 radical (unpaired) electrons. The molecule has 9 heteroatoms. The Labute approximate surface area is 176 Å². The molecule has 0 bridgehead atoms. The van der Waals surface area contributed by atoms with Crippen LogP contribution in [0, 0.1) is 0 Å². The molecule has 0 aliphatic rings. The Hall–Kier alpha value is -3.65. The highest BCUT2D eigenvalue weighted by atomic mass is 35.5. The average molecular weight is 424 g/mol. The lowest BCUT2D eigenvalue weighted by molar-refractivity contribution is -0.117. The molecule has 0 atom stereocenters. The fourth-order valence-electron chi connectivity index (χ4n) is 3.03. The van der Waals surface area contributed by atoms with Crippen molar-refractivity contribution in [1.29, 1.82) is 0 Å². The van der Waals surface area contributed by atoms with Crippen molar-refractivity contribution in [1.82, 2.24) is 19.4 Å². The number of benzene rings is 2. The van der Waals surface area contributed by atoms with Crippen LogP contribution in [0.2, 0.25) is 5.02 Å². The topological polar surface area (TPSA) is 91.0 Å². The molecule has 1 N–H and O–H groups in total. The Morgan fingerprint density at radius 3 is 2.73 bits per heavy atom. The summed E-state index contributed by atoms with van der Waals surface area (Å²) in [5.74, 6) is 0.462. The van der Waals surface area contributed by atoms with E-state index in [2.05, 4.69) is 15.5 Å². The van der Waals surface area contributed by atoms with Gasteiger partial charge >= 0.3 is 0 Å². The number of hydrogen-bond donors (Lipinski definition) is 1. The second-order valence-corrected chi connectivity index (χ2v) is 7.01. The minimum Gasteiger partial charge on any atom is -0.497 e. The molecule has 152 valence electrons. The lowest BCUT2D eigenvalue weighted by Gasteiger charge is -2.08. The van der Waals surface area contributed by atoms with Crippen LogP contribution in [-0.2, 0) is 11.2 Å². The number of aryl methyl sites for hydroxylation is 1. The number of amides is 1. The lowest BCUT2D eigenvalue weighted by Crippen LogP contribution is -2.33. The number of carbonyl (C=O) groups excluding carboxylic acids is 1. The number of rotatable bonds is 6. The molecule has 2 heterocycles. The van der Waals surface area contributed by atoms with Gasteiger partial charge in [0, 0.05) is 11.4 Å². The van der Waals surface area contributed by atoms with E-state index in [1.807, 2.05) is 30.3 Å². The summed E-state index contributed by atoms with van der Waals surface area (Å²) in [5, 5.41) is 5.07. The number of nitrogens with zero attached hydrogens (tertiary/aromatic N) is 4. The number of nitrogens with one attached hydrogen (secondary N) is 1. The molecule has 8 nitrogen and oxygen atoms in total. The Balaban J connectivity index is 1.50. The molecular formula is C21H18ClN5O3. The highest BCUT2D eigenvalue weighted by Crippen LogP contribution is 2.17. The van der Waals surface area contributed by atoms with E-state index in [0.717, 1.165) is 16.0 Å². The maximum atomic E-state index is 12.7. The summed E-state index contributed by atoms with van der Waals surface area (Å²) in [6, 6.07) is 14.6. The van der Waals surface area contributed by atoms with Crippen molar-refractivity contribution < 1.29 is 9.53 Å². The molecule has 4 aromatic rings. The van der Waals surface area contributed by atoms with E-state index in [4.69, 9.17) is 16.3 Å². The van der Waals surface area contributed by atoms with Crippen LogP contribution in [0.15, 0.2) is 65.8 Å². The number of carbonyl (C=O) groups is 1. The van der Waals surface area contributed by atoms with Gasteiger partial charge in [0.05, 0.1) is 19.0 Å². The zero-order valence-electron chi connectivity index (χ0n) is 16.1. The number of hydrogen-bond acceptors (Lipinski definition) is 5. The van der Waals surface area contributed by atoms with Gasteiger partial charge in [-0.3, -0.25) is 15.0 Å². The molecule has 0 unspecified atom stereocenters. The van der Waals surface area contributed by atoms with Crippen molar-refractivity contribution in [3.8, 4) is 11.4 Å². The van der Waals surface area contributed by atoms with Gasteiger partial charge in [-0.1, -0.05) is 29.8 Å². The quantitative estimate of drug-likeness (QED) is 0.515. The molecule has 0 aliphatic carbocycles. The molecule has 0 fully saturated rings. The average Bonchev–Trinajstić information content (AvgIpc) is 3.19. The van der Waals surface area contributed by atoms with Crippen LogP contribution in [0.25, 0.3) is 16.7 Å². The molecule has 4 rings (SSSR count). The second-order valence-electron chi connectivity index (χ2n) is 6.58. The van der Waals surface area contributed by atoms with Gasteiger partial charge in [0.1, 0.15) is 17.5 Å². The maximum absolute atomic E-state index is 12.7. The third-order valence-electron chi connectivity index (χ3n) is 4.59. The zero-order valence-corrected chi connectivity index (χ0v) is 16.8. The maximum Gasteiger partial charge on any atom is 0.283 e. The van der Waals surface area contributed by atoms with E-state index in [9.17, 15) is 9.59 Å². The van der Waals surface area contributed by atoms with Crippen LogP contribution in [0.5, 0.6) is 5.75 Å². The van der Waals surface area contributed by atoms with Gasteiger partial charge in [0.15, 0.2) is 5.65 Å². The van der Waals surface area contributed by atoms with Gasteiger partial charge in [-0.2, -0.15) is 5.10 Å². The molecule has 0 aliphatic heterocycles. The largest absolute Gasteiger partial charge is 0.497 e. The summed E-state index contributed by atoms with van der Waals surface area (Å²) in [6.45, 7) is 0. The van der Waals surface area contributed by atoms with Crippen molar-refractivity contribution in [2.75, 3.05) is 12.5 Å². The van der Waals surface area contributed by atoms with Crippen molar-refractivity contribution in [2.24, 2.45) is 0 Å². The predicted octanol–water partition coefficient (Wildman–Crippen LogP) is 2.95. The van der Waals surface area contributed by atoms with E-state index in [1.54, 1.807) is 25.3 Å². The molecule has 30 heavy (non-hydrogen) atoms. The van der Waals surface area contributed by atoms with Crippen LogP contribution in [0.1, 0.15) is 12.0 Å². The van der Waals surface area contributed by atoms with Gasteiger partial charge in [0.25, 0.3) is 5.56 Å². The lowest BCUT2D eigenvalue weighted by atomic mass is 10.1. The third kappa shape index (κ3) is 4.04. The summed E-state index contributed by atoms with van der Waals surface area (Å²) in [6.07, 6.45) is 3.45. The van der Waals surface area contributed by atoms with Crippen LogP contribution in [0.3, 0.4) is 0 Å². The fraction of sp³-hybridized carbons (Fsp3) is 0.143. The number of aromatic nitrogens is 4. The summed E-state index contributed by atoms with van der Waals surface area (Å²) < 4.78 is 7.72.